The molecular weight excluding hydrogens is 645 g/mol. The standard InChI is InChI=1S/C51H40S/c1-7-8-15-31(2)32(3)22-23-33(4)46-36-16-9-11-18-38(36)47(39-19-12-10-17-37(39)46)35-25-28-43-42(30-35)40-27-24-34-26-29-45-49(48(34)50(40)51(43,5)6)41-20-13-14-21-44(41)52-45/h7-30H,3-4H2,1-2,5-6H3/b8-7-,23-22-,31-15+. The lowest BCUT2D eigenvalue weighted by molar-refractivity contribution is 0.667. The zero-order valence-corrected chi connectivity index (χ0v) is 31.0. The Bertz CT molecular complexity index is 2860. The quantitative estimate of drug-likeness (QED) is 0.121. The van der Waals surface area contributed by atoms with Crippen LogP contribution in [0.4, 0.5) is 0 Å². The molecule has 7 aromatic carbocycles. The fourth-order valence-corrected chi connectivity index (χ4v) is 9.77. The Labute approximate surface area is 310 Å². The summed E-state index contributed by atoms with van der Waals surface area (Å²) in [5.74, 6) is 0. The van der Waals surface area contributed by atoms with Gasteiger partial charge in [-0.1, -0.05) is 154 Å². The van der Waals surface area contributed by atoms with Crippen molar-refractivity contribution in [1.82, 2.24) is 0 Å². The van der Waals surface area contributed by atoms with Crippen LogP contribution in [-0.2, 0) is 5.41 Å². The van der Waals surface area contributed by atoms with Crippen LogP contribution in [0.3, 0.4) is 0 Å². The van der Waals surface area contributed by atoms with Gasteiger partial charge in [-0.15, -0.1) is 11.3 Å². The molecule has 52 heavy (non-hydrogen) atoms. The molecule has 0 bridgehead atoms. The molecule has 250 valence electrons. The van der Waals surface area contributed by atoms with E-state index >= 15 is 0 Å². The van der Waals surface area contributed by atoms with Crippen LogP contribution < -0.4 is 0 Å². The van der Waals surface area contributed by atoms with Crippen molar-refractivity contribution in [2.24, 2.45) is 0 Å². The Hall–Kier alpha value is -5.76. The van der Waals surface area contributed by atoms with E-state index < -0.39 is 0 Å². The van der Waals surface area contributed by atoms with Crippen molar-refractivity contribution in [2.75, 3.05) is 0 Å². The predicted molar refractivity (Wildman–Crippen MR) is 231 cm³/mol. The first kappa shape index (κ1) is 32.2. The Kier molecular flexibility index (Phi) is 7.54. The van der Waals surface area contributed by atoms with E-state index in [9.17, 15) is 0 Å². The van der Waals surface area contributed by atoms with Crippen LogP contribution in [0.1, 0.15) is 44.4 Å². The zero-order chi connectivity index (χ0) is 35.7. The molecule has 9 rings (SSSR count). The molecule has 0 N–H and O–H groups in total. The molecule has 0 fully saturated rings. The smallest absolute Gasteiger partial charge is 0.0361 e. The second-order valence-corrected chi connectivity index (χ2v) is 15.7. The van der Waals surface area contributed by atoms with E-state index in [1.54, 1.807) is 0 Å². The minimum absolute atomic E-state index is 0.150. The number of allylic oxidation sites excluding steroid dienone is 8. The number of thiophene rings is 1. The van der Waals surface area contributed by atoms with Crippen LogP contribution in [0.15, 0.2) is 170 Å². The summed E-state index contributed by atoms with van der Waals surface area (Å²) >= 11 is 1.90. The third-order valence-corrected chi connectivity index (χ3v) is 12.3. The van der Waals surface area contributed by atoms with Crippen molar-refractivity contribution in [3.05, 3.63) is 187 Å². The van der Waals surface area contributed by atoms with E-state index in [-0.39, 0.29) is 5.41 Å². The van der Waals surface area contributed by atoms with Gasteiger partial charge in [0, 0.05) is 25.6 Å². The minimum Gasteiger partial charge on any atom is -0.135 e. The van der Waals surface area contributed by atoms with Crippen molar-refractivity contribution in [1.29, 1.82) is 0 Å². The molecule has 1 aromatic heterocycles. The Morgan fingerprint density at radius 2 is 1.31 bits per heavy atom. The molecule has 1 aliphatic carbocycles. The van der Waals surface area contributed by atoms with Crippen molar-refractivity contribution in [2.45, 2.75) is 33.1 Å². The molecule has 0 saturated heterocycles. The largest absolute Gasteiger partial charge is 0.135 e. The molecule has 0 aliphatic heterocycles. The normalized spacial score (nSPS) is 14.0. The molecule has 0 atom stereocenters. The topological polar surface area (TPSA) is 0 Å². The third-order valence-electron chi connectivity index (χ3n) is 11.2. The van der Waals surface area contributed by atoms with Gasteiger partial charge in [0.15, 0.2) is 0 Å². The Balaban J connectivity index is 1.25. The second-order valence-electron chi connectivity index (χ2n) is 14.6. The fraction of sp³-hybridized carbons (Fsp3) is 0.0980. The molecule has 0 amide bonds. The van der Waals surface area contributed by atoms with Gasteiger partial charge in [0.25, 0.3) is 0 Å². The maximum absolute atomic E-state index is 4.61. The number of hydrogen-bond donors (Lipinski definition) is 0. The molecule has 8 aromatic rings. The van der Waals surface area contributed by atoms with E-state index in [1.165, 1.54) is 91.4 Å². The lowest BCUT2D eigenvalue weighted by Crippen LogP contribution is -2.15. The number of fused-ring (bicyclic) bond motifs is 11. The maximum atomic E-state index is 4.61. The van der Waals surface area contributed by atoms with Crippen LogP contribution in [0, 0.1) is 0 Å². The number of hydrogen-bond acceptors (Lipinski definition) is 1. The molecule has 1 aliphatic rings. The SMILES string of the molecule is C=C(/C=C\C(=C)c1c2ccccc2c(-c2ccc3c(c2)-c2ccc4ccc5sc6ccccc6c5c4c2C3(C)C)c2ccccc12)/C(C)=C/C=C\C. The molecular formula is C51H40S. The highest BCUT2D eigenvalue weighted by Crippen LogP contribution is 2.55. The van der Waals surface area contributed by atoms with Gasteiger partial charge >= 0.3 is 0 Å². The predicted octanol–water partition coefficient (Wildman–Crippen LogP) is 15.1. The first-order chi connectivity index (χ1) is 25.3. The van der Waals surface area contributed by atoms with Gasteiger partial charge in [-0.3, -0.25) is 0 Å². The zero-order valence-electron chi connectivity index (χ0n) is 30.2. The monoisotopic (exact) mass is 684 g/mol. The molecule has 1 heterocycles. The van der Waals surface area contributed by atoms with E-state index in [4.69, 9.17) is 0 Å². The van der Waals surface area contributed by atoms with Gasteiger partial charge in [-0.2, -0.15) is 0 Å². The summed E-state index contributed by atoms with van der Waals surface area (Å²) in [5, 5.41) is 10.3. The van der Waals surface area contributed by atoms with Gasteiger partial charge in [0.1, 0.15) is 0 Å². The summed E-state index contributed by atoms with van der Waals surface area (Å²) in [4.78, 5) is 0. The average molecular weight is 685 g/mol. The van der Waals surface area contributed by atoms with Crippen molar-refractivity contribution in [3.63, 3.8) is 0 Å². The molecule has 0 saturated carbocycles. The van der Waals surface area contributed by atoms with E-state index in [2.05, 4.69) is 167 Å². The highest BCUT2D eigenvalue weighted by atomic mass is 32.1. The lowest BCUT2D eigenvalue weighted by atomic mass is 9.79. The molecule has 0 unspecified atom stereocenters. The van der Waals surface area contributed by atoms with Crippen LogP contribution in [-0.4, -0.2) is 0 Å². The van der Waals surface area contributed by atoms with Crippen LogP contribution >= 0.6 is 11.3 Å². The van der Waals surface area contributed by atoms with Crippen molar-refractivity contribution >= 4 is 69.4 Å². The van der Waals surface area contributed by atoms with Gasteiger partial charge < -0.3 is 0 Å². The second kappa shape index (κ2) is 12.2. The summed E-state index contributed by atoms with van der Waals surface area (Å²) < 4.78 is 2.70. The highest BCUT2D eigenvalue weighted by molar-refractivity contribution is 7.26. The highest BCUT2D eigenvalue weighted by Gasteiger charge is 2.38. The van der Waals surface area contributed by atoms with Gasteiger partial charge in [0.05, 0.1) is 0 Å². The summed E-state index contributed by atoms with van der Waals surface area (Å²) in [6, 6.07) is 43.1. The summed E-state index contributed by atoms with van der Waals surface area (Å²) in [5.41, 5.74) is 12.1. The Morgan fingerprint density at radius 3 is 2.02 bits per heavy atom. The minimum atomic E-state index is -0.150. The van der Waals surface area contributed by atoms with E-state index in [1.807, 2.05) is 30.4 Å². The summed E-state index contributed by atoms with van der Waals surface area (Å²) in [6.07, 6.45) is 10.4. The van der Waals surface area contributed by atoms with Crippen molar-refractivity contribution < 1.29 is 0 Å². The van der Waals surface area contributed by atoms with E-state index in [0.29, 0.717) is 0 Å². The Morgan fingerprint density at radius 1 is 0.654 bits per heavy atom. The first-order valence-corrected chi connectivity index (χ1v) is 18.9. The first-order valence-electron chi connectivity index (χ1n) is 18.1. The van der Waals surface area contributed by atoms with E-state index in [0.717, 1.165) is 16.7 Å². The van der Waals surface area contributed by atoms with Gasteiger partial charge in [0.2, 0.25) is 0 Å². The average Bonchev–Trinajstić information content (AvgIpc) is 3.66. The van der Waals surface area contributed by atoms with Gasteiger partial charge in [-0.05, 0) is 120 Å². The fourth-order valence-electron chi connectivity index (χ4n) is 8.66. The van der Waals surface area contributed by atoms with Crippen LogP contribution in [0.5, 0.6) is 0 Å². The van der Waals surface area contributed by atoms with Gasteiger partial charge in [-0.25, -0.2) is 0 Å². The number of rotatable bonds is 6. The van der Waals surface area contributed by atoms with Crippen LogP contribution in [0.25, 0.3) is 80.3 Å². The summed E-state index contributed by atoms with van der Waals surface area (Å²) in [6.45, 7) is 17.9. The lowest BCUT2D eigenvalue weighted by Gasteiger charge is -2.24. The molecule has 0 radical (unpaired) electrons. The van der Waals surface area contributed by atoms with Crippen molar-refractivity contribution in [3.8, 4) is 22.3 Å². The summed E-state index contributed by atoms with van der Waals surface area (Å²) in [7, 11) is 0. The third kappa shape index (κ3) is 4.80. The number of benzene rings is 7. The molecule has 1 heteroatoms. The van der Waals surface area contributed by atoms with Crippen LogP contribution in [0.2, 0.25) is 0 Å². The maximum Gasteiger partial charge on any atom is 0.0361 e. The molecule has 0 nitrogen and oxygen atoms in total. The molecule has 0 spiro atoms.